The van der Waals surface area contributed by atoms with Crippen molar-refractivity contribution in [3.63, 3.8) is 0 Å². The van der Waals surface area contributed by atoms with Crippen LogP contribution in [0, 0.1) is 11.3 Å². The summed E-state index contributed by atoms with van der Waals surface area (Å²) in [4.78, 5) is 15.2. The summed E-state index contributed by atoms with van der Waals surface area (Å²) in [5.74, 6) is -1.78. The number of ether oxygens (including phenoxy) is 2. The van der Waals surface area contributed by atoms with Crippen LogP contribution < -0.4 is 10.2 Å². The van der Waals surface area contributed by atoms with Gasteiger partial charge in [-0.2, -0.15) is 5.26 Å². The van der Waals surface area contributed by atoms with Crippen LogP contribution in [0.25, 0.3) is 16.8 Å². The fourth-order valence-electron chi connectivity index (χ4n) is 5.02. The molecule has 12 heteroatoms. The Morgan fingerprint density at radius 2 is 1.93 bits per heavy atom. The van der Waals surface area contributed by atoms with Crippen molar-refractivity contribution in [1.82, 2.24) is 20.3 Å². The van der Waals surface area contributed by atoms with Crippen LogP contribution >= 0.6 is 0 Å². The van der Waals surface area contributed by atoms with Crippen molar-refractivity contribution in [2.75, 3.05) is 25.1 Å². The number of methoxy groups -OCH3 is 1. The van der Waals surface area contributed by atoms with E-state index in [4.69, 9.17) is 9.47 Å². The van der Waals surface area contributed by atoms with E-state index < -0.39 is 35.9 Å². The zero-order valence-corrected chi connectivity index (χ0v) is 22.6. The summed E-state index contributed by atoms with van der Waals surface area (Å²) in [5, 5.41) is 52.3. The Morgan fingerprint density at radius 1 is 1.17 bits per heavy atom. The first-order valence-electron chi connectivity index (χ1n) is 13.4. The topological polar surface area (TPSA) is 166 Å². The number of nitrogens with zero attached hydrogens (tertiary/aromatic N) is 5. The van der Waals surface area contributed by atoms with Gasteiger partial charge in [0.25, 0.3) is 5.91 Å². The second-order valence-corrected chi connectivity index (χ2v) is 10.1. The second kappa shape index (κ2) is 12.4. The van der Waals surface area contributed by atoms with Crippen LogP contribution in [0.1, 0.15) is 30.5 Å². The van der Waals surface area contributed by atoms with Gasteiger partial charge in [-0.05, 0) is 59.9 Å². The van der Waals surface area contributed by atoms with Gasteiger partial charge in [0.1, 0.15) is 29.5 Å². The maximum Gasteiger partial charge on any atom is 0.262 e. The Morgan fingerprint density at radius 3 is 2.68 bits per heavy atom. The number of aliphatic hydroxyl groups is 3. The lowest BCUT2D eigenvalue weighted by molar-refractivity contribution is -0.196. The van der Waals surface area contributed by atoms with Gasteiger partial charge in [0.2, 0.25) is 6.29 Å². The highest BCUT2D eigenvalue weighted by Crippen LogP contribution is 2.27. The number of rotatable bonds is 8. The van der Waals surface area contributed by atoms with Crippen LogP contribution in [0.4, 0.5) is 5.69 Å². The fraction of sp³-hybridized carbons (Fsp3) is 0.379. The predicted octanol–water partition coefficient (Wildman–Crippen LogP) is 2.70. The number of carbonyl (C=O) groups is 1. The van der Waals surface area contributed by atoms with Crippen molar-refractivity contribution in [2.45, 2.75) is 50.8 Å². The standard InChI is InChI=1S/C29H32N6O6/c1-40-29-27(38)26(37)25(36)24(41-29)17-35-16-22(32-33-35)15-31-28(39)21(14-30)12-18-5-6-20-13-23(8-7-19(20)11-18)34-9-3-2-4-10-34/h5-8,11-13,16,24-25,29,36-38H,2-4,9-10,15,17H2,1H3,(H,31,39)/b21-12+/t24-,25-,29+/m1/s1. The number of carbonyl (C=O) groups excluding carboxylic acids is 1. The number of hydrogen-bond donors (Lipinski definition) is 4. The minimum Gasteiger partial charge on any atom is -0.506 e. The number of nitriles is 1. The number of nitrogens with one attached hydrogen (secondary N) is 1. The van der Waals surface area contributed by atoms with Crippen LogP contribution in [0.2, 0.25) is 0 Å². The molecule has 0 unspecified atom stereocenters. The van der Waals surface area contributed by atoms with Gasteiger partial charge < -0.3 is 35.0 Å². The molecular formula is C29H32N6O6. The molecule has 0 radical (unpaired) electrons. The summed E-state index contributed by atoms with van der Waals surface area (Å²) < 4.78 is 11.8. The van der Waals surface area contributed by atoms with Gasteiger partial charge >= 0.3 is 0 Å². The van der Waals surface area contributed by atoms with Gasteiger partial charge in [0.15, 0.2) is 11.5 Å². The maximum absolute atomic E-state index is 12.8. The molecule has 0 spiro atoms. The van der Waals surface area contributed by atoms with E-state index in [1.165, 1.54) is 42.9 Å². The third-order valence-electron chi connectivity index (χ3n) is 7.26. The molecule has 1 saturated heterocycles. The normalized spacial score (nSPS) is 21.6. The number of piperidine rings is 1. The van der Waals surface area contributed by atoms with Crippen molar-refractivity contribution in [1.29, 1.82) is 5.26 Å². The van der Waals surface area contributed by atoms with E-state index in [1.807, 2.05) is 24.3 Å². The number of fused-ring (bicyclic) bond motifs is 1. The zero-order valence-electron chi connectivity index (χ0n) is 22.6. The number of hydrogen-bond acceptors (Lipinski definition) is 10. The average Bonchev–Trinajstić information content (AvgIpc) is 3.46. The lowest BCUT2D eigenvalue weighted by atomic mass is 10.0. The summed E-state index contributed by atoms with van der Waals surface area (Å²) in [6, 6.07) is 14.2. The third kappa shape index (κ3) is 6.33. The van der Waals surface area contributed by atoms with Crippen LogP contribution in [0.3, 0.4) is 0 Å². The van der Waals surface area contributed by atoms with Crippen LogP contribution in [-0.4, -0.2) is 74.9 Å². The first-order valence-corrected chi connectivity index (χ1v) is 13.4. The monoisotopic (exact) mass is 560 g/mol. The molecule has 41 heavy (non-hydrogen) atoms. The van der Waals surface area contributed by atoms with Crippen molar-refractivity contribution in [3.05, 3.63) is 70.9 Å². The minimum absolute atomic E-state index is 0.00949. The number of benzene rings is 2. The molecule has 0 bridgehead atoms. The Kier molecular flexibility index (Phi) is 8.49. The van der Waals surface area contributed by atoms with Crippen molar-refractivity contribution in [3.8, 4) is 6.07 Å². The van der Waals surface area contributed by atoms with Gasteiger partial charge in [-0.25, -0.2) is 4.68 Å². The molecule has 3 atom stereocenters. The van der Waals surface area contributed by atoms with Crippen LogP contribution in [0.5, 0.6) is 0 Å². The molecule has 4 N–H and O–H groups in total. The molecule has 2 aliphatic heterocycles. The Bertz CT molecular complexity index is 1520. The quantitative estimate of drug-likeness (QED) is 0.238. The molecule has 1 aromatic heterocycles. The Balaban J connectivity index is 1.20. The predicted molar refractivity (Wildman–Crippen MR) is 149 cm³/mol. The maximum atomic E-state index is 12.8. The lowest BCUT2D eigenvalue weighted by Gasteiger charge is -2.31. The van der Waals surface area contributed by atoms with E-state index in [9.17, 15) is 25.4 Å². The summed E-state index contributed by atoms with van der Waals surface area (Å²) in [6.07, 6.45) is 3.12. The second-order valence-electron chi connectivity index (χ2n) is 10.1. The molecule has 1 amide bonds. The van der Waals surface area contributed by atoms with Gasteiger partial charge in [-0.3, -0.25) is 4.79 Å². The van der Waals surface area contributed by atoms with Gasteiger partial charge in [-0.1, -0.05) is 23.4 Å². The molecule has 5 rings (SSSR count). The Labute approximate surface area is 236 Å². The van der Waals surface area contributed by atoms with Crippen LogP contribution in [0.15, 0.2) is 59.7 Å². The molecule has 12 nitrogen and oxygen atoms in total. The molecule has 2 aliphatic rings. The molecule has 214 valence electrons. The molecule has 0 saturated carbocycles. The minimum atomic E-state index is -1.48. The molecule has 3 aromatic rings. The molecule has 0 aliphatic carbocycles. The number of aliphatic hydroxyl groups excluding tert-OH is 3. The zero-order chi connectivity index (χ0) is 28.9. The van der Waals surface area contributed by atoms with Crippen molar-refractivity contribution >= 4 is 28.4 Å². The summed E-state index contributed by atoms with van der Waals surface area (Å²) in [6.45, 7) is 2.15. The number of aromatic nitrogens is 3. The molecular weight excluding hydrogens is 528 g/mol. The number of anilines is 1. The lowest BCUT2D eigenvalue weighted by Crippen LogP contribution is -2.44. The van der Waals surface area contributed by atoms with E-state index in [-0.39, 0.29) is 18.7 Å². The van der Waals surface area contributed by atoms with Crippen molar-refractivity contribution in [2.24, 2.45) is 0 Å². The third-order valence-corrected chi connectivity index (χ3v) is 7.26. The first-order chi connectivity index (χ1) is 19.9. The molecule has 2 aromatic carbocycles. The Hall–Kier alpha value is -4.44. The van der Waals surface area contributed by atoms with E-state index in [2.05, 4.69) is 38.7 Å². The fourth-order valence-corrected chi connectivity index (χ4v) is 5.02. The molecule has 3 heterocycles. The van der Waals surface area contributed by atoms with Gasteiger partial charge in [-0.15, -0.1) is 5.10 Å². The largest absolute Gasteiger partial charge is 0.506 e. The van der Waals surface area contributed by atoms with Gasteiger partial charge in [0.05, 0.1) is 19.3 Å². The summed E-state index contributed by atoms with van der Waals surface area (Å²) in [7, 11) is 1.29. The highest BCUT2D eigenvalue weighted by atomic mass is 16.7. The van der Waals surface area contributed by atoms with E-state index in [1.54, 1.807) is 6.08 Å². The smallest absolute Gasteiger partial charge is 0.262 e. The SMILES string of the molecule is CO[C@H]1O[C@H](Cn2cc(CNC(=O)/C(C#N)=C/c3ccc4cc(N5CCCCC5)ccc4c3)nn2)[C@@H](O)C(O)=C1O. The average molecular weight is 561 g/mol. The number of amides is 1. The van der Waals surface area contributed by atoms with E-state index in [0.717, 1.165) is 29.4 Å². The highest BCUT2D eigenvalue weighted by molar-refractivity contribution is 6.02. The van der Waals surface area contributed by atoms with Crippen LogP contribution in [-0.2, 0) is 27.4 Å². The molecule has 1 fully saturated rings. The summed E-state index contributed by atoms with van der Waals surface area (Å²) >= 11 is 0. The first kappa shape index (κ1) is 28.1. The highest BCUT2D eigenvalue weighted by Gasteiger charge is 2.38. The van der Waals surface area contributed by atoms with E-state index >= 15 is 0 Å². The van der Waals surface area contributed by atoms with E-state index in [0.29, 0.717) is 5.69 Å². The summed E-state index contributed by atoms with van der Waals surface area (Å²) in [5.41, 5.74) is 2.31. The van der Waals surface area contributed by atoms with Gasteiger partial charge in [0, 0.05) is 25.9 Å². The van der Waals surface area contributed by atoms with Crippen molar-refractivity contribution < 1.29 is 29.6 Å².